The number of aryl methyl sites for hydroxylation is 2. The first-order chi connectivity index (χ1) is 20.3. The lowest BCUT2D eigenvalue weighted by molar-refractivity contribution is -0.514. The van der Waals surface area contributed by atoms with Crippen LogP contribution in [-0.2, 0) is 31.8 Å². The molecule has 0 fully saturated rings. The zero-order chi connectivity index (χ0) is 31.7. The molecule has 0 radical (unpaired) electrons. The molecule has 0 spiro atoms. The Bertz CT molecular complexity index is 1370. The molecule has 3 aromatic rings. The molecule has 43 heavy (non-hydrogen) atoms. The third-order valence-corrected chi connectivity index (χ3v) is 7.51. The number of hydrogen-bond donors (Lipinski definition) is 0. The highest BCUT2D eigenvalue weighted by atomic mass is 32.1. The van der Waals surface area contributed by atoms with Crippen molar-refractivity contribution in [1.82, 2.24) is 0 Å². The van der Waals surface area contributed by atoms with E-state index in [1.165, 1.54) is 28.9 Å². The largest absolute Gasteiger partial charge is 0.494 e. The van der Waals surface area contributed by atoms with Gasteiger partial charge in [0, 0.05) is 15.7 Å². The highest BCUT2D eigenvalue weighted by Crippen LogP contribution is 2.39. The number of thiophene rings is 1. The summed E-state index contributed by atoms with van der Waals surface area (Å²) < 4.78 is 99.6. The Morgan fingerprint density at radius 3 is 2.26 bits per heavy atom. The standard InChI is InChI=1S/C31H34F6O5S/c1-4-7-8-9-21-10-13-25(22(5-2)18-21)27-19-23-11-12-24(20-26(23)43-27)39-16-14-29(32,33)41-31(36,37)42-30(34,35)15-17-40-28(38)6-3/h6,10-13,18-20H,3-5,7-9,14-17H2,1-2H3. The summed E-state index contributed by atoms with van der Waals surface area (Å²) >= 11 is 1.51. The Balaban J connectivity index is 1.58. The van der Waals surface area contributed by atoms with Crippen molar-refractivity contribution in [2.45, 2.75) is 77.3 Å². The average Bonchev–Trinajstić information content (AvgIpc) is 3.34. The van der Waals surface area contributed by atoms with Gasteiger partial charge in [0.2, 0.25) is 0 Å². The lowest BCUT2D eigenvalue weighted by atomic mass is 9.98. The van der Waals surface area contributed by atoms with Gasteiger partial charge in [-0.2, -0.15) is 17.6 Å². The molecule has 0 bridgehead atoms. The van der Waals surface area contributed by atoms with Crippen LogP contribution in [0.5, 0.6) is 5.75 Å². The molecule has 0 amide bonds. The minimum atomic E-state index is -5.34. The molecule has 1 aromatic heterocycles. The first kappa shape index (κ1) is 34.4. The fourth-order valence-electron chi connectivity index (χ4n) is 4.24. The van der Waals surface area contributed by atoms with Crippen molar-refractivity contribution in [1.29, 1.82) is 0 Å². The van der Waals surface area contributed by atoms with E-state index in [9.17, 15) is 31.1 Å². The van der Waals surface area contributed by atoms with E-state index in [1.54, 1.807) is 18.2 Å². The second-order valence-corrected chi connectivity index (χ2v) is 10.9. The van der Waals surface area contributed by atoms with E-state index >= 15 is 0 Å². The maximum atomic E-state index is 14.0. The van der Waals surface area contributed by atoms with E-state index in [0.717, 1.165) is 46.2 Å². The second-order valence-electron chi connectivity index (χ2n) is 9.77. The molecular formula is C31H34F6O5S. The smallest absolute Gasteiger partial charge is 0.493 e. The quantitative estimate of drug-likeness (QED) is 0.0460. The topological polar surface area (TPSA) is 54.0 Å². The molecule has 0 saturated heterocycles. The second kappa shape index (κ2) is 15.1. The number of carbonyl (C=O) groups excluding carboxylic acids is 1. The summed E-state index contributed by atoms with van der Waals surface area (Å²) in [4.78, 5) is 11.9. The Hall–Kier alpha value is -3.09. The minimum Gasteiger partial charge on any atom is -0.493 e. The van der Waals surface area contributed by atoms with E-state index in [4.69, 9.17) is 4.74 Å². The van der Waals surface area contributed by atoms with Crippen LogP contribution in [0.2, 0.25) is 0 Å². The molecule has 0 atom stereocenters. The Morgan fingerprint density at radius 1 is 0.907 bits per heavy atom. The van der Waals surface area contributed by atoms with Gasteiger partial charge in [-0.05, 0) is 65.6 Å². The molecule has 0 aliphatic carbocycles. The number of rotatable bonds is 18. The van der Waals surface area contributed by atoms with Crippen LogP contribution >= 0.6 is 11.3 Å². The van der Waals surface area contributed by atoms with Gasteiger partial charge >= 0.3 is 24.5 Å². The number of benzene rings is 2. The SMILES string of the molecule is C=CC(=O)OCCC(F)(F)OC(F)(F)OC(F)(F)CCOc1ccc2cc(-c3ccc(CCCCC)cc3CC)sc2c1. The number of fused-ring (bicyclic) bond motifs is 1. The van der Waals surface area contributed by atoms with Crippen molar-refractivity contribution >= 4 is 27.4 Å². The van der Waals surface area contributed by atoms with Crippen LogP contribution in [-0.4, -0.2) is 37.7 Å². The predicted octanol–water partition coefficient (Wildman–Crippen LogP) is 9.52. The van der Waals surface area contributed by atoms with Crippen LogP contribution in [0, 0.1) is 0 Å². The van der Waals surface area contributed by atoms with Crippen molar-refractivity contribution in [2.24, 2.45) is 0 Å². The third-order valence-electron chi connectivity index (χ3n) is 6.38. The molecule has 0 saturated carbocycles. The minimum absolute atomic E-state index is 0.224. The monoisotopic (exact) mass is 632 g/mol. The first-order valence-electron chi connectivity index (χ1n) is 13.9. The van der Waals surface area contributed by atoms with Gasteiger partial charge in [0.25, 0.3) is 0 Å². The highest BCUT2D eigenvalue weighted by molar-refractivity contribution is 7.22. The fourth-order valence-corrected chi connectivity index (χ4v) is 5.39. The summed E-state index contributed by atoms with van der Waals surface area (Å²) in [5, 5.41) is 0.923. The molecular weight excluding hydrogens is 598 g/mol. The molecule has 0 N–H and O–H groups in total. The Kier molecular flexibility index (Phi) is 12.1. The molecule has 0 aliphatic rings. The van der Waals surface area contributed by atoms with Crippen LogP contribution in [0.4, 0.5) is 26.3 Å². The number of esters is 1. The van der Waals surface area contributed by atoms with Gasteiger partial charge in [-0.25, -0.2) is 14.3 Å². The molecule has 0 aliphatic heterocycles. The van der Waals surface area contributed by atoms with Gasteiger partial charge in [0.1, 0.15) is 5.75 Å². The molecule has 3 rings (SSSR count). The number of halogens is 6. The van der Waals surface area contributed by atoms with Gasteiger partial charge in [-0.3, -0.25) is 0 Å². The zero-order valence-electron chi connectivity index (χ0n) is 23.9. The summed E-state index contributed by atoms with van der Waals surface area (Å²) in [6, 6.07) is 13.5. The number of ether oxygens (including phenoxy) is 4. The maximum absolute atomic E-state index is 14.0. The molecule has 0 unspecified atom stereocenters. The van der Waals surface area contributed by atoms with E-state index in [2.05, 4.69) is 52.8 Å². The number of alkyl halides is 6. The zero-order valence-corrected chi connectivity index (χ0v) is 24.7. The molecule has 2 aromatic carbocycles. The fraction of sp³-hybridized carbons (Fsp3) is 0.452. The normalized spacial score (nSPS) is 12.5. The summed E-state index contributed by atoms with van der Waals surface area (Å²) in [6.45, 7) is 5.54. The highest BCUT2D eigenvalue weighted by Gasteiger charge is 2.52. The van der Waals surface area contributed by atoms with Gasteiger partial charge in [-0.1, -0.05) is 51.5 Å². The third kappa shape index (κ3) is 10.8. The predicted molar refractivity (Wildman–Crippen MR) is 153 cm³/mol. The Morgan fingerprint density at radius 2 is 1.60 bits per heavy atom. The van der Waals surface area contributed by atoms with Crippen molar-refractivity contribution in [3.63, 3.8) is 0 Å². The average molecular weight is 633 g/mol. The van der Waals surface area contributed by atoms with Gasteiger partial charge in [-0.15, -0.1) is 20.1 Å². The summed E-state index contributed by atoms with van der Waals surface area (Å²) in [5.74, 6) is -0.847. The van der Waals surface area contributed by atoms with Gasteiger partial charge in [0.05, 0.1) is 26.1 Å². The van der Waals surface area contributed by atoms with Crippen LogP contribution in [0.3, 0.4) is 0 Å². The van der Waals surface area contributed by atoms with E-state index in [1.807, 2.05) is 6.07 Å². The van der Waals surface area contributed by atoms with E-state index in [-0.39, 0.29) is 5.75 Å². The van der Waals surface area contributed by atoms with Crippen molar-refractivity contribution in [3.8, 4) is 16.2 Å². The van der Waals surface area contributed by atoms with Crippen LogP contribution in [0.25, 0.3) is 20.5 Å². The summed E-state index contributed by atoms with van der Waals surface area (Å²) in [6.07, 6.45) is -11.4. The van der Waals surface area contributed by atoms with Gasteiger partial charge < -0.3 is 9.47 Å². The number of unbranched alkanes of at least 4 members (excludes halogenated alkanes) is 2. The van der Waals surface area contributed by atoms with E-state index < -0.39 is 50.5 Å². The van der Waals surface area contributed by atoms with Crippen LogP contribution < -0.4 is 4.74 Å². The first-order valence-corrected chi connectivity index (χ1v) is 14.7. The van der Waals surface area contributed by atoms with Gasteiger partial charge in [0.15, 0.2) is 0 Å². The van der Waals surface area contributed by atoms with E-state index in [0.29, 0.717) is 6.08 Å². The van der Waals surface area contributed by atoms with Crippen molar-refractivity contribution < 1.29 is 50.1 Å². The Labute approximate surface area is 250 Å². The van der Waals surface area contributed by atoms with Crippen molar-refractivity contribution in [3.05, 3.63) is 66.2 Å². The summed E-state index contributed by atoms with van der Waals surface area (Å²) in [7, 11) is 0. The number of carbonyl (C=O) groups is 1. The van der Waals surface area contributed by atoms with Crippen LogP contribution in [0.1, 0.15) is 57.1 Å². The lowest BCUT2D eigenvalue weighted by Crippen LogP contribution is -2.41. The number of hydrogen-bond acceptors (Lipinski definition) is 6. The lowest BCUT2D eigenvalue weighted by Gasteiger charge is -2.26. The van der Waals surface area contributed by atoms with Crippen LogP contribution in [0.15, 0.2) is 55.1 Å². The molecule has 5 nitrogen and oxygen atoms in total. The molecule has 1 heterocycles. The molecule has 12 heteroatoms. The summed E-state index contributed by atoms with van der Waals surface area (Å²) in [5.41, 5.74) is 3.65. The molecule has 236 valence electrons. The maximum Gasteiger partial charge on any atom is 0.494 e. The van der Waals surface area contributed by atoms with Crippen molar-refractivity contribution in [2.75, 3.05) is 13.2 Å².